The van der Waals surface area contributed by atoms with Crippen LogP contribution in [0.25, 0.3) is 0 Å². The maximum atomic E-state index is 8.52. The molecule has 62 valence electrons. The Morgan fingerprint density at radius 2 is 2.27 bits per heavy atom. The summed E-state index contributed by atoms with van der Waals surface area (Å²) < 4.78 is 1.36. The molecule has 7 heteroatoms. The topological polar surface area (TPSA) is 96.1 Å². The molecule has 11 heavy (non-hydrogen) atoms. The zero-order valence-corrected chi connectivity index (χ0v) is 5.80. The van der Waals surface area contributed by atoms with Crippen molar-refractivity contribution in [1.29, 1.82) is 0 Å². The molecule has 1 rings (SSSR count). The molecule has 0 saturated carbocycles. The van der Waals surface area contributed by atoms with Gasteiger partial charge in [0.05, 0.1) is 13.2 Å². The van der Waals surface area contributed by atoms with Gasteiger partial charge in [0.1, 0.15) is 6.73 Å². The van der Waals surface area contributed by atoms with Crippen molar-refractivity contribution in [2.75, 3.05) is 18.7 Å². The molecule has 0 amide bonds. The Morgan fingerprint density at radius 1 is 1.45 bits per heavy atom. The van der Waals surface area contributed by atoms with E-state index in [2.05, 4.69) is 20.8 Å². The fourth-order valence-corrected chi connectivity index (χ4v) is 0.647. The molecule has 0 aliphatic heterocycles. The maximum absolute atomic E-state index is 8.52. The monoisotopic (exact) mass is 159 g/mol. The fourth-order valence-electron chi connectivity index (χ4n) is 0.647. The van der Waals surface area contributed by atoms with E-state index in [1.807, 2.05) is 0 Å². The maximum Gasteiger partial charge on any atom is 0.244 e. The van der Waals surface area contributed by atoms with Crippen molar-refractivity contribution in [1.82, 2.24) is 20.2 Å². The number of aliphatic hydroxyl groups is 2. The third kappa shape index (κ3) is 1.85. The molecule has 7 nitrogen and oxygen atoms in total. The Kier molecular flexibility index (Phi) is 2.75. The SMILES string of the molecule is OCCn1nnnc1NCO. The van der Waals surface area contributed by atoms with Gasteiger partial charge in [0, 0.05) is 0 Å². The molecule has 0 spiro atoms. The number of anilines is 1. The molecule has 3 N–H and O–H groups in total. The highest BCUT2D eigenvalue weighted by Crippen LogP contribution is 1.96. The van der Waals surface area contributed by atoms with Gasteiger partial charge in [-0.15, -0.1) is 0 Å². The van der Waals surface area contributed by atoms with Crippen molar-refractivity contribution >= 4 is 5.95 Å². The average molecular weight is 159 g/mol. The van der Waals surface area contributed by atoms with Gasteiger partial charge in [-0.25, -0.2) is 4.68 Å². The lowest BCUT2D eigenvalue weighted by Gasteiger charge is -2.00. The molecule has 0 saturated heterocycles. The third-order valence-electron chi connectivity index (χ3n) is 1.08. The molecule has 0 fully saturated rings. The molecule has 0 unspecified atom stereocenters. The molecule has 1 aromatic heterocycles. The van der Waals surface area contributed by atoms with Gasteiger partial charge in [-0.1, -0.05) is 5.10 Å². The molecule has 1 aromatic rings. The van der Waals surface area contributed by atoms with Gasteiger partial charge in [0.25, 0.3) is 0 Å². The Morgan fingerprint density at radius 3 is 2.91 bits per heavy atom. The zero-order valence-electron chi connectivity index (χ0n) is 5.80. The summed E-state index contributed by atoms with van der Waals surface area (Å²) in [6.07, 6.45) is 0. The second-order valence-corrected chi connectivity index (χ2v) is 1.78. The van der Waals surface area contributed by atoms with E-state index in [0.29, 0.717) is 12.5 Å². The summed E-state index contributed by atoms with van der Waals surface area (Å²) in [6.45, 7) is 0.0479. The minimum Gasteiger partial charge on any atom is -0.394 e. The first-order valence-electron chi connectivity index (χ1n) is 3.10. The van der Waals surface area contributed by atoms with Crippen molar-refractivity contribution in [2.24, 2.45) is 0 Å². The Balaban J connectivity index is 2.62. The van der Waals surface area contributed by atoms with Crippen LogP contribution in [0.1, 0.15) is 0 Å². The predicted molar refractivity (Wildman–Crippen MR) is 35.6 cm³/mol. The van der Waals surface area contributed by atoms with Gasteiger partial charge in [-0.2, -0.15) is 0 Å². The van der Waals surface area contributed by atoms with Crippen LogP contribution in [0.4, 0.5) is 5.95 Å². The summed E-state index contributed by atoms with van der Waals surface area (Å²) in [5, 5.41) is 29.9. The lowest BCUT2D eigenvalue weighted by Crippen LogP contribution is -2.11. The molecule has 0 aromatic carbocycles. The summed E-state index contributed by atoms with van der Waals surface area (Å²) >= 11 is 0. The van der Waals surface area contributed by atoms with Gasteiger partial charge < -0.3 is 15.5 Å². The molecule has 0 bridgehead atoms. The number of nitrogens with one attached hydrogen (secondary N) is 1. The number of nitrogens with zero attached hydrogens (tertiary/aromatic N) is 4. The highest BCUT2D eigenvalue weighted by molar-refractivity contribution is 5.19. The zero-order chi connectivity index (χ0) is 8.10. The van der Waals surface area contributed by atoms with Gasteiger partial charge in [0.2, 0.25) is 5.95 Å². The van der Waals surface area contributed by atoms with Gasteiger partial charge >= 0.3 is 0 Å². The normalized spacial score (nSPS) is 10.0. The van der Waals surface area contributed by atoms with Crippen molar-refractivity contribution in [2.45, 2.75) is 6.54 Å². The Hall–Kier alpha value is -1.21. The average Bonchev–Trinajstić information content (AvgIpc) is 2.39. The molecule has 1 heterocycles. The van der Waals surface area contributed by atoms with Gasteiger partial charge in [-0.3, -0.25) is 0 Å². The molecular formula is C4H9N5O2. The summed E-state index contributed by atoms with van der Waals surface area (Å²) in [4.78, 5) is 0. The summed E-state index contributed by atoms with van der Waals surface area (Å²) in [5.41, 5.74) is 0. The van der Waals surface area contributed by atoms with Crippen LogP contribution in [0.3, 0.4) is 0 Å². The fraction of sp³-hybridized carbons (Fsp3) is 0.750. The van der Waals surface area contributed by atoms with Crippen LogP contribution in [0.5, 0.6) is 0 Å². The number of aromatic nitrogens is 4. The summed E-state index contributed by atoms with van der Waals surface area (Å²) in [7, 11) is 0. The number of aliphatic hydroxyl groups excluding tert-OH is 2. The Labute approximate surface area is 62.6 Å². The molecule has 0 radical (unpaired) electrons. The van der Waals surface area contributed by atoms with Crippen molar-refractivity contribution in [3.05, 3.63) is 0 Å². The number of hydrogen-bond acceptors (Lipinski definition) is 6. The smallest absolute Gasteiger partial charge is 0.244 e. The van der Waals surface area contributed by atoms with Crippen LogP contribution in [-0.2, 0) is 6.54 Å². The molecule has 0 aliphatic carbocycles. The largest absolute Gasteiger partial charge is 0.394 e. The van der Waals surface area contributed by atoms with E-state index in [1.54, 1.807) is 0 Å². The molecule has 0 atom stereocenters. The van der Waals surface area contributed by atoms with E-state index in [1.165, 1.54) is 4.68 Å². The standard InChI is InChI=1S/C4H9N5O2/c10-2-1-9-4(5-3-11)6-7-8-9/h10-11H,1-3H2,(H,5,6,8). The van der Waals surface area contributed by atoms with Crippen LogP contribution in [-0.4, -0.2) is 43.8 Å². The van der Waals surface area contributed by atoms with Crippen LogP contribution in [0, 0.1) is 0 Å². The lowest BCUT2D eigenvalue weighted by atomic mass is 10.7. The van der Waals surface area contributed by atoms with Crippen molar-refractivity contribution in [3.8, 4) is 0 Å². The van der Waals surface area contributed by atoms with Crippen LogP contribution in [0.2, 0.25) is 0 Å². The first-order valence-corrected chi connectivity index (χ1v) is 3.10. The first kappa shape index (κ1) is 7.89. The van der Waals surface area contributed by atoms with E-state index < -0.39 is 0 Å². The van der Waals surface area contributed by atoms with E-state index >= 15 is 0 Å². The second kappa shape index (κ2) is 3.84. The third-order valence-corrected chi connectivity index (χ3v) is 1.08. The van der Waals surface area contributed by atoms with E-state index in [4.69, 9.17) is 10.2 Å². The van der Waals surface area contributed by atoms with Gasteiger partial charge in [-0.05, 0) is 10.4 Å². The molecule has 0 aliphatic rings. The quantitative estimate of drug-likeness (QED) is 0.441. The molecular weight excluding hydrogens is 150 g/mol. The van der Waals surface area contributed by atoms with E-state index in [0.717, 1.165) is 0 Å². The van der Waals surface area contributed by atoms with Gasteiger partial charge in [0.15, 0.2) is 0 Å². The highest BCUT2D eigenvalue weighted by atomic mass is 16.3. The highest BCUT2D eigenvalue weighted by Gasteiger charge is 2.01. The number of hydrogen-bond donors (Lipinski definition) is 3. The van der Waals surface area contributed by atoms with Crippen molar-refractivity contribution in [3.63, 3.8) is 0 Å². The van der Waals surface area contributed by atoms with E-state index in [9.17, 15) is 0 Å². The number of tetrazole rings is 1. The minimum atomic E-state index is -0.230. The van der Waals surface area contributed by atoms with Crippen LogP contribution < -0.4 is 5.32 Å². The second-order valence-electron chi connectivity index (χ2n) is 1.78. The lowest BCUT2D eigenvalue weighted by molar-refractivity contribution is 0.267. The first-order chi connectivity index (χ1) is 5.38. The van der Waals surface area contributed by atoms with Crippen molar-refractivity contribution < 1.29 is 10.2 Å². The predicted octanol–water partition coefficient (Wildman–Crippen LogP) is -1.97. The van der Waals surface area contributed by atoms with E-state index in [-0.39, 0.29) is 13.3 Å². The summed E-state index contributed by atoms with van der Waals surface area (Å²) in [5.74, 6) is 0.349. The minimum absolute atomic E-state index is 0.0366. The van der Waals surface area contributed by atoms with Crippen LogP contribution in [0.15, 0.2) is 0 Å². The van der Waals surface area contributed by atoms with Crippen LogP contribution >= 0.6 is 0 Å². The Bertz CT molecular complexity index is 192. The number of rotatable bonds is 4. The summed E-state index contributed by atoms with van der Waals surface area (Å²) in [6, 6.07) is 0.